The van der Waals surface area contributed by atoms with Gasteiger partial charge in [0.1, 0.15) is 0 Å². The quantitative estimate of drug-likeness (QED) is 0.476. The maximum absolute atomic E-state index is 3.38. The zero-order chi connectivity index (χ0) is 9.40. The highest BCUT2D eigenvalue weighted by atomic mass is 14.8. The van der Waals surface area contributed by atoms with Crippen molar-refractivity contribution in [2.45, 2.75) is 34.1 Å². The average Bonchev–Trinajstić information content (AvgIpc) is 2.03. The third kappa shape index (κ3) is 7.80. The molecule has 0 aliphatic carbocycles. The van der Waals surface area contributed by atoms with E-state index < -0.39 is 0 Å². The van der Waals surface area contributed by atoms with Gasteiger partial charge in [-0.15, -0.1) is 0 Å². The molecule has 0 saturated carbocycles. The Morgan fingerprint density at radius 2 is 1.92 bits per heavy atom. The van der Waals surface area contributed by atoms with E-state index in [9.17, 15) is 0 Å². The van der Waals surface area contributed by atoms with Crippen LogP contribution in [0.15, 0.2) is 12.2 Å². The summed E-state index contributed by atoms with van der Waals surface area (Å²) in [5.41, 5.74) is 0. The largest absolute Gasteiger partial charge is 0.313 e. The predicted molar refractivity (Wildman–Crippen MR) is 56.3 cm³/mol. The van der Waals surface area contributed by atoms with Gasteiger partial charge in [0.05, 0.1) is 0 Å². The Bertz CT molecular complexity index is 116. The molecule has 1 atom stereocenters. The van der Waals surface area contributed by atoms with Gasteiger partial charge in [-0.25, -0.2) is 0 Å². The Morgan fingerprint density at radius 3 is 2.42 bits per heavy atom. The van der Waals surface area contributed by atoms with Crippen LogP contribution in [0.3, 0.4) is 0 Å². The first-order chi connectivity index (χ1) is 5.66. The van der Waals surface area contributed by atoms with E-state index in [1.165, 1.54) is 6.42 Å². The lowest BCUT2D eigenvalue weighted by molar-refractivity contribution is 0.575. The second kappa shape index (κ2) is 7.35. The first-order valence-corrected chi connectivity index (χ1v) is 5.04. The van der Waals surface area contributed by atoms with Gasteiger partial charge in [0.2, 0.25) is 0 Å². The summed E-state index contributed by atoms with van der Waals surface area (Å²) in [4.78, 5) is 0. The fraction of sp³-hybridized carbons (Fsp3) is 0.818. The molecule has 0 spiro atoms. The summed E-state index contributed by atoms with van der Waals surface area (Å²) in [6, 6.07) is 0. The van der Waals surface area contributed by atoms with Crippen molar-refractivity contribution in [2.75, 3.05) is 13.1 Å². The molecule has 0 aromatic heterocycles. The molecule has 0 rings (SSSR count). The van der Waals surface area contributed by atoms with Gasteiger partial charge in [-0.3, -0.25) is 0 Å². The molecule has 1 heteroatoms. The van der Waals surface area contributed by atoms with Crippen LogP contribution in [0.25, 0.3) is 0 Å². The van der Waals surface area contributed by atoms with Crippen LogP contribution in [0.1, 0.15) is 34.1 Å². The van der Waals surface area contributed by atoms with Crippen LogP contribution in [-0.4, -0.2) is 13.1 Å². The van der Waals surface area contributed by atoms with Crippen molar-refractivity contribution in [2.24, 2.45) is 11.8 Å². The lowest BCUT2D eigenvalue weighted by Gasteiger charge is -2.04. The molecule has 0 aromatic rings. The number of hydrogen-bond donors (Lipinski definition) is 1. The lowest BCUT2D eigenvalue weighted by Crippen LogP contribution is -2.19. The van der Waals surface area contributed by atoms with Crippen LogP contribution in [-0.2, 0) is 0 Å². The number of hydrogen-bond acceptors (Lipinski definition) is 1. The van der Waals surface area contributed by atoms with Gasteiger partial charge in [0, 0.05) is 6.54 Å². The van der Waals surface area contributed by atoms with Gasteiger partial charge >= 0.3 is 0 Å². The van der Waals surface area contributed by atoms with E-state index in [0.717, 1.165) is 24.9 Å². The Kier molecular flexibility index (Phi) is 7.17. The fourth-order valence-corrected chi connectivity index (χ4v) is 0.892. The monoisotopic (exact) mass is 169 g/mol. The van der Waals surface area contributed by atoms with Crippen molar-refractivity contribution >= 4 is 0 Å². The molecule has 0 saturated heterocycles. The van der Waals surface area contributed by atoms with E-state index in [1.807, 2.05) is 0 Å². The van der Waals surface area contributed by atoms with Gasteiger partial charge < -0.3 is 5.32 Å². The molecule has 12 heavy (non-hydrogen) atoms. The van der Waals surface area contributed by atoms with Crippen LogP contribution >= 0.6 is 0 Å². The van der Waals surface area contributed by atoms with Crippen LogP contribution in [0.5, 0.6) is 0 Å². The summed E-state index contributed by atoms with van der Waals surface area (Å²) in [7, 11) is 0. The molecule has 0 heterocycles. The third-order valence-corrected chi connectivity index (χ3v) is 1.92. The topological polar surface area (TPSA) is 12.0 Å². The minimum Gasteiger partial charge on any atom is -0.313 e. The van der Waals surface area contributed by atoms with Gasteiger partial charge in [-0.2, -0.15) is 0 Å². The first kappa shape index (κ1) is 11.7. The Labute approximate surface area is 77.2 Å². The Hall–Kier alpha value is -0.300. The second-order valence-electron chi connectivity index (χ2n) is 3.87. The highest BCUT2D eigenvalue weighted by molar-refractivity contribution is 4.87. The summed E-state index contributed by atoms with van der Waals surface area (Å²) in [6.07, 6.45) is 5.75. The van der Waals surface area contributed by atoms with Crippen molar-refractivity contribution in [3.63, 3.8) is 0 Å². The summed E-state index contributed by atoms with van der Waals surface area (Å²) in [5, 5.41) is 3.38. The molecule has 1 nitrogen and oxygen atoms in total. The van der Waals surface area contributed by atoms with Crippen molar-refractivity contribution < 1.29 is 0 Å². The lowest BCUT2D eigenvalue weighted by atomic mass is 10.1. The molecule has 72 valence electrons. The highest BCUT2D eigenvalue weighted by Crippen LogP contribution is 2.00. The molecular weight excluding hydrogens is 146 g/mol. The van der Waals surface area contributed by atoms with E-state index in [0.29, 0.717) is 0 Å². The predicted octanol–water partition coefficient (Wildman–Crippen LogP) is 2.83. The van der Waals surface area contributed by atoms with E-state index in [4.69, 9.17) is 0 Å². The van der Waals surface area contributed by atoms with Crippen LogP contribution in [0, 0.1) is 11.8 Å². The summed E-state index contributed by atoms with van der Waals surface area (Å²) in [6.45, 7) is 11.1. The molecule has 0 aromatic carbocycles. The van der Waals surface area contributed by atoms with Gasteiger partial charge in [-0.1, -0.05) is 46.3 Å². The van der Waals surface area contributed by atoms with E-state index >= 15 is 0 Å². The maximum Gasteiger partial charge on any atom is 0.0135 e. The minimum atomic E-state index is 0.728. The molecule has 0 amide bonds. The molecule has 0 aliphatic heterocycles. The van der Waals surface area contributed by atoms with Crippen LogP contribution in [0.4, 0.5) is 0 Å². The molecule has 1 unspecified atom stereocenters. The van der Waals surface area contributed by atoms with E-state index in [-0.39, 0.29) is 0 Å². The molecule has 0 aliphatic rings. The Balaban J connectivity index is 3.24. The van der Waals surface area contributed by atoms with Gasteiger partial charge in [-0.05, 0) is 18.4 Å². The highest BCUT2D eigenvalue weighted by Gasteiger charge is 1.91. The SMILES string of the molecule is CCC(C)C=CCNCC(C)C. The zero-order valence-electron chi connectivity index (χ0n) is 8.93. The van der Waals surface area contributed by atoms with Gasteiger partial charge in [0.25, 0.3) is 0 Å². The normalized spacial score (nSPS) is 14.4. The number of nitrogens with one attached hydrogen (secondary N) is 1. The standard InChI is InChI=1S/C11H23N/c1-5-11(4)7-6-8-12-9-10(2)3/h6-7,10-12H,5,8-9H2,1-4H3. The zero-order valence-corrected chi connectivity index (χ0v) is 8.93. The first-order valence-electron chi connectivity index (χ1n) is 5.04. The average molecular weight is 169 g/mol. The Morgan fingerprint density at radius 1 is 1.25 bits per heavy atom. The van der Waals surface area contributed by atoms with E-state index in [1.54, 1.807) is 0 Å². The van der Waals surface area contributed by atoms with Crippen molar-refractivity contribution in [3.05, 3.63) is 12.2 Å². The summed E-state index contributed by atoms with van der Waals surface area (Å²) in [5.74, 6) is 1.48. The van der Waals surface area contributed by atoms with Crippen LogP contribution in [0.2, 0.25) is 0 Å². The molecule has 0 radical (unpaired) electrons. The third-order valence-electron chi connectivity index (χ3n) is 1.92. The van der Waals surface area contributed by atoms with E-state index in [2.05, 4.69) is 45.2 Å². The summed E-state index contributed by atoms with van der Waals surface area (Å²) < 4.78 is 0. The smallest absolute Gasteiger partial charge is 0.0135 e. The number of rotatable bonds is 6. The maximum atomic E-state index is 3.38. The van der Waals surface area contributed by atoms with Crippen molar-refractivity contribution in [3.8, 4) is 0 Å². The molecular formula is C11H23N. The molecule has 0 bridgehead atoms. The fourth-order valence-electron chi connectivity index (χ4n) is 0.892. The number of allylic oxidation sites excluding steroid dienone is 1. The van der Waals surface area contributed by atoms with Crippen molar-refractivity contribution in [1.29, 1.82) is 0 Å². The summed E-state index contributed by atoms with van der Waals surface area (Å²) >= 11 is 0. The van der Waals surface area contributed by atoms with Crippen LogP contribution < -0.4 is 5.32 Å². The van der Waals surface area contributed by atoms with Gasteiger partial charge in [0.15, 0.2) is 0 Å². The minimum absolute atomic E-state index is 0.728. The van der Waals surface area contributed by atoms with Crippen molar-refractivity contribution in [1.82, 2.24) is 5.32 Å². The molecule has 1 N–H and O–H groups in total. The molecule has 0 fully saturated rings. The second-order valence-corrected chi connectivity index (χ2v) is 3.87.